The van der Waals surface area contributed by atoms with Crippen LogP contribution in [-0.4, -0.2) is 110 Å². The van der Waals surface area contributed by atoms with Gasteiger partial charge in [-0.25, -0.2) is 0 Å². The Morgan fingerprint density at radius 1 is 0.721 bits per heavy atom. The third-order valence-electron chi connectivity index (χ3n) is 13.6. The zero-order valence-corrected chi connectivity index (χ0v) is 33.8. The second-order valence-electron chi connectivity index (χ2n) is 17.4. The molecule has 0 unspecified atom stereocenters. The number of carbonyl (C=O) groups is 6. The Balaban J connectivity index is 1.18. The summed E-state index contributed by atoms with van der Waals surface area (Å²) in [5.74, 6) is -3.84. The minimum absolute atomic E-state index is 0.0329. The van der Waals surface area contributed by atoms with Gasteiger partial charge in [0.15, 0.2) is 0 Å². The van der Waals surface area contributed by atoms with E-state index in [9.17, 15) is 47.0 Å². The quantitative estimate of drug-likeness (QED) is 0.227. The Morgan fingerprint density at radius 3 is 2.16 bits per heavy atom. The molecule has 14 nitrogen and oxygen atoms in total. The van der Waals surface area contributed by atoms with Crippen molar-refractivity contribution in [1.82, 2.24) is 36.1 Å². The molecule has 2 aromatic carbocycles. The second-order valence-corrected chi connectivity index (χ2v) is 17.4. The zero-order chi connectivity index (χ0) is 43.1. The summed E-state index contributed by atoms with van der Waals surface area (Å²) in [6.07, 6.45) is 2.78. The van der Waals surface area contributed by atoms with Crippen LogP contribution in [0.3, 0.4) is 0 Å². The molecule has 326 valence electrons. The van der Waals surface area contributed by atoms with Crippen LogP contribution >= 0.6 is 0 Å². The SMILES string of the molecule is O=C1NC2(CCCC2)C(=O)N[C@@H](Cc2ccc(C(F)(F)F)cc2)C(=O)N[C@@H](CO)C(=O)N2CCC[C@@H]2C(=O)N2[C@H](C[C@H]3CCCC[C@H]32)C(=O)N[C@H]1Cc1c[nH]c2ccccc12. The fourth-order valence-electron chi connectivity index (χ4n) is 10.4. The molecular formula is C44H52F3N7O7. The van der Waals surface area contributed by atoms with E-state index in [0.717, 1.165) is 47.9 Å². The van der Waals surface area contributed by atoms with E-state index in [1.807, 2.05) is 24.3 Å². The molecule has 2 aliphatic carbocycles. The summed E-state index contributed by atoms with van der Waals surface area (Å²) >= 11 is 0. The first-order chi connectivity index (χ1) is 29.3. The number of nitrogens with zero attached hydrogens (tertiary/aromatic N) is 2. The number of carbonyl (C=O) groups excluding carboxylic acids is 6. The first-order valence-corrected chi connectivity index (χ1v) is 21.4. The van der Waals surface area contributed by atoms with E-state index in [-0.39, 0.29) is 49.8 Å². The molecule has 6 amide bonds. The average Bonchev–Trinajstić information content (AvgIpc) is 4.08. The van der Waals surface area contributed by atoms with Gasteiger partial charge in [-0.3, -0.25) is 28.8 Å². The van der Waals surface area contributed by atoms with Crippen LogP contribution in [0.4, 0.5) is 13.2 Å². The fourth-order valence-corrected chi connectivity index (χ4v) is 10.4. The van der Waals surface area contributed by atoms with Gasteiger partial charge in [0, 0.05) is 42.5 Å². The maximum Gasteiger partial charge on any atom is 0.416 e. The molecule has 0 radical (unpaired) electrons. The van der Waals surface area contributed by atoms with Gasteiger partial charge in [0.05, 0.1) is 12.2 Å². The number of aromatic nitrogens is 1. The van der Waals surface area contributed by atoms with Crippen LogP contribution in [0.5, 0.6) is 0 Å². The number of amides is 6. The van der Waals surface area contributed by atoms with E-state index in [2.05, 4.69) is 26.3 Å². The molecule has 5 aliphatic rings. The van der Waals surface area contributed by atoms with Crippen molar-refractivity contribution in [3.8, 4) is 0 Å². The molecule has 61 heavy (non-hydrogen) atoms. The van der Waals surface area contributed by atoms with E-state index in [4.69, 9.17) is 0 Å². The molecule has 7 atom stereocenters. The predicted octanol–water partition coefficient (Wildman–Crippen LogP) is 3.01. The number of para-hydroxylation sites is 1. The first kappa shape index (κ1) is 42.2. The van der Waals surface area contributed by atoms with Gasteiger partial charge in [-0.15, -0.1) is 0 Å². The molecule has 5 fully saturated rings. The number of hydrogen-bond acceptors (Lipinski definition) is 7. The molecule has 3 saturated heterocycles. The molecule has 1 aromatic heterocycles. The molecule has 8 rings (SSSR count). The lowest BCUT2D eigenvalue weighted by atomic mass is 9.84. The predicted molar refractivity (Wildman–Crippen MR) is 215 cm³/mol. The van der Waals surface area contributed by atoms with Gasteiger partial charge < -0.3 is 41.2 Å². The van der Waals surface area contributed by atoms with Gasteiger partial charge in [0.25, 0.3) is 0 Å². The standard InChI is InChI=1S/C44H52F3N7O7/c45-44(46,47)28-15-13-25(14-16-28)20-31-37(56)50-33(24-55)40(59)53-19-7-12-35(53)41(60)54-34-11-4-1-8-26(34)22-36(54)39(58)49-32(21-27-23-48-30-10-3-2-9-29(27)30)38(57)52-43(42(61)51-31)17-5-6-18-43/h2-3,9-10,13-16,23,26,31-36,48,55H,1,4-8,11-12,17-22,24H2,(H,49,58)(H,50,56)(H,51,61)(H,52,57)/t26-,31+,32+,33+,34-,35-,36-/m1/s1. The van der Waals surface area contributed by atoms with E-state index in [0.29, 0.717) is 38.5 Å². The van der Waals surface area contributed by atoms with E-state index in [1.54, 1.807) is 11.1 Å². The Kier molecular flexibility index (Phi) is 11.9. The third kappa shape index (κ3) is 8.45. The smallest absolute Gasteiger partial charge is 0.394 e. The Hall–Kier alpha value is -5.45. The van der Waals surface area contributed by atoms with Crippen molar-refractivity contribution < 1.29 is 47.0 Å². The van der Waals surface area contributed by atoms with Gasteiger partial charge in [0.2, 0.25) is 35.4 Å². The Bertz CT molecular complexity index is 2170. The lowest BCUT2D eigenvalue weighted by Crippen LogP contribution is -2.65. The van der Waals surface area contributed by atoms with E-state index >= 15 is 0 Å². The summed E-state index contributed by atoms with van der Waals surface area (Å²) in [5.41, 5.74) is -0.618. The van der Waals surface area contributed by atoms with Crippen molar-refractivity contribution in [2.75, 3.05) is 13.2 Å². The van der Waals surface area contributed by atoms with E-state index in [1.165, 1.54) is 17.0 Å². The monoisotopic (exact) mass is 847 g/mol. The number of H-pyrrole nitrogens is 1. The molecule has 17 heteroatoms. The Labute approximate surface area is 350 Å². The van der Waals surface area contributed by atoms with Gasteiger partial charge >= 0.3 is 6.18 Å². The highest BCUT2D eigenvalue weighted by Gasteiger charge is 2.52. The summed E-state index contributed by atoms with van der Waals surface area (Å²) in [6.45, 7) is -0.693. The normalized spacial score (nSPS) is 29.0. The molecule has 2 saturated carbocycles. The van der Waals surface area contributed by atoms with Crippen LogP contribution in [0.2, 0.25) is 0 Å². The molecule has 3 aromatic rings. The Morgan fingerprint density at radius 2 is 1.43 bits per heavy atom. The maximum atomic E-state index is 14.8. The number of nitrogens with one attached hydrogen (secondary N) is 5. The molecule has 3 aliphatic heterocycles. The minimum atomic E-state index is -4.61. The number of fused-ring (bicyclic) bond motifs is 5. The number of benzene rings is 2. The highest BCUT2D eigenvalue weighted by Crippen LogP contribution is 2.41. The van der Waals surface area contributed by atoms with Crippen molar-refractivity contribution in [3.63, 3.8) is 0 Å². The number of alkyl halides is 3. The number of aliphatic hydroxyl groups excluding tert-OH is 1. The van der Waals surface area contributed by atoms with Crippen LogP contribution in [0, 0.1) is 5.92 Å². The second kappa shape index (κ2) is 17.1. The summed E-state index contributed by atoms with van der Waals surface area (Å²) in [6, 6.07) is 5.26. The van der Waals surface area contributed by atoms with Gasteiger partial charge in [-0.05, 0) is 80.2 Å². The van der Waals surface area contributed by atoms with Crippen molar-refractivity contribution in [2.24, 2.45) is 5.92 Å². The van der Waals surface area contributed by atoms with Crippen LogP contribution < -0.4 is 21.3 Å². The summed E-state index contributed by atoms with van der Waals surface area (Å²) < 4.78 is 40.3. The van der Waals surface area contributed by atoms with Gasteiger partial charge in [0.1, 0.15) is 35.7 Å². The number of halogens is 3. The van der Waals surface area contributed by atoms with Crippen molar-refractivity contribution in [2.45, 2.75) is 131 Å². The van der Waals surface area contributed by atoms with Crippen LogP contribution in [-0.2, 0) is 47.8 Å². The third-order valence-corrected chi connectivity index (χ3v) is 13.6. The van der Waals surface area contributed by atoms with Crippen LogP contribution in [0.25, 0.3) is 10.9 Å². The number of hydrogen-bond donors (Lipinski definition) is 6. The number of aromatic amines is 1. The summed E-state index contributed by atoms with van der Waals surface area (Å²) in [4.78, 5) is 93.4. The van der Waals surface area contributed by atoms with Crippen molar-refractivity contribution in [1.29, 1.82) is 0 Å². The van der Waals surface area contributed by atoms with E-state index < -0.39 is 89.5 Å². The maximum absolute atomic E-state index is 14.8. The highest BCUT2D eigenvalue weighted by molar-refractivity contribution is 6.00. The highest BCUT2D eigenvalue weighted by atomic mass is 19.4. The fraction of sp³-hybridized carbons (Fsp3) is 0.545. The lowest BCUT2D eigenvalue weighted by Gasteiger charge is -2.38. The summed E-state index contributed by atoms with van der Waals surface area (Å²) in [5, 5.41) is 22.6. The largest absolute Gasteiger partial charge is 0.416 e. The number of rotatable bonds is 5. The molecule has 1 spiro atoms. The molecule has 0 bridgehead atoms. The average molecular weight is 848 g/mol. The van der Waals surface area contributed by atoms with Gasteiger partial charge in [-0.2, -0.15) is 13.2 Å². The van der Waals surface area contributed by atoms with Crippen LogP contribution in [0.15, 0.2) is 54.7 Å². The van der Waals surface area contributed by atoms with Gasteiger partial charge in [-0.1, -0.05) is 56.0 Å². The van der Waals surface area contributed by atoms with Crippen LogP contribution in [0.1, 0.15) is 87.3 Å². The number of aliphatic hydroxyl groups is 1. The molecule has 6 N–H and O–H groups in total. The van der Waals surface area contributed by atoms with Crippen molar-refractivity contribution >= 4 is 46.3 Å². The lowest BCUT2D eigenvalue weighted by molar-refractivity contribution is -0.150. The van der Waals surface area contributed by atoms with Crippen molar-refractivity contribution in [3.05, 3.63) is 71.4 Å². The zero-order valence-electron chi connectivity index (χ0n) is 33.8. The molecule has 4 heterocycles. The first-order valence-electron chi connectivity index (χ1n) is 21.4. The minimum Gasteiger partial charge on any atom is -0.394 e. The summed E-state index contributed by atoms with van der Waals surface area (Å²) in [7, 11) is 0. The molecular weight excluding hydrogens is 796 g/mol. The topological polar surface area (TPSA) is 193 Å².